The third-order valence-corrected chi connectivity index (χ3v) is 4.61. The molecule has 1 heterocycles. The van der Waals surface area contributed by atoms with Gasteiger partial charge in [-0.15, -0.1) is 0 Å². The second kappa shape index (κ2) is 6.48. The Bertz CT molecular complexity index is 572. The van der Waals surface area contributed by atoms with Crippen LogP contribution in [0.3, 0.4) is 0 Å². The topological polar surface area (TPSA) is 66.8 Å². The lowest BCUT2D eigenvalue weighted by molar-refractivity contribution is -0.159. The molecule has 2 atom stereocenters. The molecule has 0 aromatic heterocycles. The van der Waals surface area contributed by atoms with Gasteiger partial charge in [-0.3, -0.25) is 4.79 Å². The predicted octanol–water partition coefficient (Wildman–Crippen LogP) is 1.81. The van der Waals surface area contributed by atoms with E-state index in [4.69, 9.17) is 9.84 Å². The van der Waals surface area contributed by atoms with Crippen LogP contribution in [0.25, 0.3) is 0 Å². The van der Waals surface area contributed by atoms with E-state index in [1.54, 1.807) is 4.90 Å². The molecular formula is C17H21NO4. The average molecular weight is 303 g/mol. The molecule has 1 N–H and O–H groups in total. The van der Waals surface area contributed by atoms with Crippen LogP contribution in [-0.4, -0.2) is 47.7 Å². The number of rotatable bonds is 3. The largest absolute Gasteiger partial charge is 0.479 e. The van der Waals surface area contributed by atoms with Gasteiger partial charge < -0.3 is 14.7 Å². The fourth-order valence-corrected chi connectivity index (χ4v) is 3.43. The molecule has 5 nitrogen and oxygen atoms in total. The van der Waals surface area contributed by atoms with Gasteiger partial charge in [0.2, 0.25) is 5.91 Å². The van der Waals surface area contributed by atoms with E-state index >= 15 is 0 Å². The molecule has 5 heteroatoms. The van der Waals surface area contributed by atoms with Crippen molar-refractivity contribution in [2.24, 2.45) is 0 Å². The Labute approximate surface area is 129 Å². The Morgan fingerprint density at radius 2 is 2.14 bits per heavy atom. The Hall–Kier alpha value is -1.88. The second-order valence-electron chi connectivity index (χ2n) is 6.03. The number of carboxylic acid groups (broad SMARTS) is 1. The zero-order chi connectivity index (χ0) is 15.5. The molecule has 0 unspecified atom stereocenters. The summed E-state index contributed by atoms with van der Waals surface area (Å²) in [5, 5.41) is 9.03. The lowest BCUT2D eigenvalue weighted by Gasteiger charge is -2.33. The molecule has 1 aromatic carbocycles. The van der Waals surface area contributed by atoms with Gasteiger partial charge in [-0.25, -0.2) is 4.79 Å². The third kappa shape index (κ3) is 3.14. The molecule has 1 saturated heterocycles. The maximum absolute atomic E-state index is 12.5. The summed E-state index contributed by atoms with van der Waals surface area (Å²) in [5.74, 6) is -0.708. The molecule has 1 fully saturated rings. The summed E-state index contributed by atoms with van der Waals surface area (Å²) in [7, 11) is 0. The average Bonchev–Trinajstić information content (AvgIpc) is 2.55. The van der Waals surface area contributed by atoms with Crippen molar-refractivity contribution in [3.63, 3.8) is 0 Å². The van der Waals surface area contributed by atoms with Crippen LogP contribution in [0.15, 0.2) is 24.3 Å². The van der Waals surface area contributed by atoms with Crippen molar-refractivity contribution in [1.82, 2.24) is 4.90 Å². The van der Waals surface area contributed by atoms with Gasteiger partial charge in [0.05, 0.1) is 13.2 Å². The Morgan fingerprint density at radius 3 is 2.95 bits per heavy atom. The molecule has 1 aliphatic heterocycles. The van der Waals surface area contributed by atoms with E-state index in [-0.39, 0.29) is 18.4 Å². The fourth-order valence-electron chi connectivity index (χ4n) is 3.43. The molecule has 2 aliphatic rings. The van der Waals surface area contributed by atoms with E-state index in [1.165, 1.54) is 11.1 Å². The summed E-state index contributed by atoms with van der Waals surface area (Å²) in [6.45, 7) is 0.934. The van der Waals surface area contributed by atoms with Gasteiger partial charge in [0.25, 0.3) is 0 Å². The maximum Gasteiger partial charge on any atom is 0.334 e. The molecule has 1 amide bonds. The number of nitrogens with zero attached hydrogens (tertiary/aromatic N) is 1. The molecule has 3 rings (SSSR count). The Morgan fingerprint density at radius 1 is 1.32 bits per heavy atom. The summed E-state index contributed by atoms with van der Waals surface area (Å²) in [6.07, 6.45) is 2.78. The number of carbonyl (C=O) groups is 2. The first kappa shape index (κ1) is 15.0. The number of benzene rings is 1. The van der Waals surface area contributed by atoms with Crippen molar-refractivity contribution in [2.45, 2.75) is 37.7 Å². The Balaban J connectivity index is 1.66. The number of carbonyl (C=O) groups excluding carboxylic acids is 1. The lowest BCUT2D eigenvalue weighted by Crippen LogP contribution is -2.48. The van der Waals surface area contributed by atoms with Gasteiger partial charge in [-0.1, -0.05) is 24.3 Å². The number of carboxylic acids is 1. The highest BCUT2D eigenvalue weighted by Crippen LogP contribution is 2.34. The molecular weight excluding hydrogens is 282 g/mol. The monoisotopic (exact) mass is 303 g/mol. The van der Waals surface area contributed by atoms with Crippen LogP contribution in [0.1, 0.15) is 36.3 Å². The summed E-state index contributed by atoms with van der Waals surface area (Å²) >= 11 is 0. The quantitative estimate of drug-likeness (QED) is 0.925. The highest BCUT2D eigenvalue weighted by Gasteiger charge is 2.31. The molecule has 0 spiro atoms. The first-order valence-corrected chi connectivity index (χ1v) is 7.85. The summed E-state index contributed by atoms with van der Waals surface area (Å²) in [4.78, 5) is 25.2. The van der Waals surface area contributed by atoms with Crippen LogP contribution in [0.4, 0.5) is 0 Å². The predicted molar refractivity (Wildman–Crippen MR) is 80.7 cm³/mol. The van der Waals surface area contributed by atoms with Crippen molar-refractivity contribution in [2.75, 3.05) is 19.7 Å². The lowest BCUT2D eigenvalue weighted by atomic mass is 9.81. The summed E-state index contributed by atoms with van der Waals surface area (Å²) in [6, 6.07) is 8.33. The number of aliphatic carboxylic acids is 1. The van der Waals surface area contributed by atoms with Gasteiger partial charge in [0, 0.05) is 13.0 Å². The fraction of sp³-hybridized carbons (Fsp3) is 0.529. The van der Waals surface area contributed by atoms with Crippen LogP contribution in [-0.2, 0) is 20.7 Å². The van der Waals surface area contributed by atoms with Crippen LogP contribution < -0.4 is 0 Å². The summed E-state index contributed by atoms with van der Waals surface area (Å²) in [5.41, 5.74) is 2.63. The van der Waals surface area contributed by atoms with Gasteiger partial charge in [0.15, 0.2) is 6.10 Å². The third-order valence-electron chi connectivity index (χ3n) is 4.61. The van der Waals surface area contributed by atoms with Gasteiger partial charge in [-0.2, -0.15) is 0 Å². The Kier molecular flexibility index (Phi) is 4.43. The molecule has 1 aliphatic carbocycles. The zero-order valence-corrected chi connectivity index (χ0v) is 12.5. The van der Waals surface area contributed by atoms with Crippen LogP contribution in [0.2, 0.25) is 0 Å². The number of hydrogen-bond acceptors (Lipinski definition) is 3. The smallest absolute Gasteiger partial charge is 0.334 e. The van der Waals surface area contributed by atoms with Crippen molar-refractivity contribution < 1.29 is 19.4 Å². The molecule has 22 heavy (non-hydrogen) atoms. The van der Waals surface area contributed by atoms with Crippen molar-refractivity contribution >= 4 is 11.9 Å². The van der Waals surface area contributed by atoms with Gasteiger partial charge >= 0.3 is 5.97 Å². The molecule has 0 radical (unpaired) electrons. The molecule has 0 bridgehead atoms. The van der Waals surface area contributed by atoms with E-state index in [9.17, 15) is 9.59 Å². The number of fused-ring (bicyclic) bond motifs is 1. The van der Waals surface area contributed by atoms with Crippen molar-refractivity contribution in [1.29, 1.82) is 0 Å². The highest BCUT2D eigenvalue weighted by molar-refractivity contribution is 5.79. The first-order valence-electron chi connectivity index (χ1n) is 7.85. The van der Waals surface area contributed by atoms with Crippen LogP contribution in [0.5, 0.6) is 0 Å². The van der Waals surface area contributed by atoms with Crippen molar-refractivity contribution in [3.05, 3.63) is 35.4 Å². The van der Waals surface area contributed by atoms with Crippen LogP contribution in [0, 0.1) is 0 Å². The minimum Gasteiger partial charge on any atom is -0.479 e. The van der Waals surface area contributed by atoms with E-state index in [0.717, 1.165) is 19.3 Å². The minimum absolute atomic E-state index is 0.0382. The normalized spacial score (nSPS) is 24.6. The van der Waals surface area contributed by atoms with E-state index in [0.29, 0.717) is 19.6 Å². The standard InChI is InChI=1S/C17H21NO4/c19-16(18-8-9-22-15(11-18)17(20)21)10-13-6-3-5-12-4-1-2-7-14(12)13/h1-2,4,7,13,15H,3,5-6,8-11H2,(H,20,21)/t13-,15+/m1/s1. The SMILES string of the molecule is O=C(O)[C@@H]1CN(C(=O)C[C@H]2CCCc3ccccc32)CCO1. The zero-order valence-electron chi connectivity index (χ0n) is 12.5. The molecule has 1 aromatic rings. The number of aryl methyl sites for hydroxylation is 1. The van der Waals surface area contributed by atoms with Gasteiger partial charge in [-0.05, 0) is 36.3 Å². The molecule has 118 valence electrons. The van der Waals surface area contributed by atoms with E-state index < -0.39 is 12.1 Å². The molecule has 0 saturated carbocycles. The maximum atomic E-state index is 12.5. The highest BCUT2D eigenvalue weighted by atomic mass is 16.5. The van der Waals surface area contributed by atoms with E-state index in [1.807, 2.05) is 12.1 Å². The second-order valence-corrected chi connectivity index (χ2v) is 6.03. The van der Waals surface area contributed by atoms with Gasteiger partial charge in [0.1, 0.15) is 0 Å². The number of hydrogen-bond donors (Lipinski definition) is 1. The first-order chi connectivity index (χ1) is 10.6. The minimum atomic E-state index is -1.000. The van der Waals surface area contributed by atoms with Crippen molar-refractivity contribution in [3.8, 4) is 0 Å². The van der Waals surface area contributed by atoms with E-state index in [2.05, 4.69) is 12.1 Å². The summed E-state index contributed by atoms with van der Waals surface area (Å²) < 4.78 is 5.17. The number of ether oxygens (including phenoxy) is 1. The number of amides is 1. The number of morpholine rings is 1. The van der Waals surface area contributed by atoms with Crippen LogP contribution >= 0.6 is 0 Å².